The second-order valence-electron chi connectivity index (χ2n) is 8.78. The molecule has 3 heterocycles. The molecule has 0 spiro atoms. The molecule has 3 rings (SSSR count). The molecule has 0 saturated heterocycles. The molecule has 0 aromatic carbocycles. The molecular formula is C24H31NOS3. The average molecular weight is 446 g/mol. The number of aryl methyl sites for hydroxylation is 1. The van der Waals surface area contributed by atoms with Gasteiger partial charge in [-0.1, -0.05) is 34.6 Å². The van der Waals surface area contributed by atoms with Crippen molar-refractivity contribution in [3.8, 4) is 19.5 Å². The Morgan fingerprint density at radius 1 is 0.966 bits per heavy atom. The van der Waals surface area contributed by atoms with Gasteiger partial charge in [0.25, 0.3) is 0 Å². The zero-order chi connectivity index (χ0) is 21.2. The van der Waals surface area contributed by atoms with E-state index in [1.165, 1.54) is 40.4 Å². The van der Waals surface area contributed by atoms with E-state index in [0.717, 1.165) is 19.1 Å². The maximum absolute atomic E-state index is 10.9. The van der Waals surface area contributed by atoms with Crippen molar-refractivity contribution in [1.29, 1.82) is 0 Å². The van der Waals surface area contributed by atoms with Crippen molar-refractivity contribution >= 4 is 40.3 Å². The van der Waals surface area contributed by atoms with Crippen LogP contribution in [0.15, 0.2) is 24.3 Å². The molecule has 156 valence electrons. The van der Waals surface area contributed by atoms with Crippen LogP contribution in [0.3, 0.4) is 0 Å². The van der Waals surface area contributed by atoms with Crippen molar-refractivity contribution in [3.63, 3.8) is 0 Å². The molecule has 3 aromatic rings. The SMILES string of the molecule is CC(C)c1ccc(-c2sc(-c3cc(CCC=O)c(C(C)(C)C)s3)cc2CCN)s1. The van der Waals surface area contributed by atoms with Gasteiger partial charge in [0.15, 0.2) is 0 Å². The molecule has 0 aliphatic heterocycles. The maximum atomic E-state index is 10.9. The standard InChI is InChI=1S/C24H31NOS3/c1-15(2)18-8-9-19(27-18)22-16(10-11-25)13-20(28-22)21-14-17(7-6-12-26)23(29-21)24(3,4)5/h8-9,12-15H,6-7,10-11,25H2,1-5H3. The van der Waals surface area contributed by atoms with Gasteiger partial charge in [-0.3, -0.25) is 0 Å². The van der Waals surface area contributed by atoms with Crippen LogP contribution in [-0.2, 0) is 23.1 Å². The van der Waals surface area contributed by atoms with Gasteiger partial charge in [0.1, 0.15) is 6.29 Å². The van der Waals surface area contributed by atoms with Gasteiger partial charge in [0.05, 0.1) is 0 Å². The van der Waals surface area contributed by atoms with Crippen LogP contribution >= 0.6 is 34.0 Å². The summed E-state index contributed by atoms with van der Waals surface area (Å²) in [6, 6.07) is 9.17. The Bertz CT molecular complexity index is 969. The Morgan fingerprint density at radius 3 is 2.24 bits per heavy atom. The number of hydrogen-bond donors (Lipinski definition) is 1. The summed E-state index contributed by atoms with van der Waals surface area (Å²) in [7, 11) is 0. The van der Waals surface area contributed by atoms with E-state index in [-0.39, 0.29) is 5.41 Å². The van der Waals surface area contributed by atoms with Crippen LogP contribution in [0.2, 0.25) is 0 Å². The summed E-state index contributed by atoms with van der Waals surface area (Å²) >= 11 is 5.67. The Morgan fingerprint density at radius 2 is 1.66 bits per heavy atom. The van der Waals surface area contributed by atoms with Gasteiger partial charge in [0, 0.05) is 35.7 Å². The van der Waals surface area contributed by atoms with E-state index in [2.05, 4.69) is 58.9 Å². The van der Waals surface area contributed by atoms with Crippen LogP contribution in [-0.4, -0.2) is 12.8 Å². The topological polar surface area (TPSA) is 43.1 Å². The van der Waals surface area contributed by atoms with E-state index in [0.29, 0.717) is 18.9 Å². The molecule has 0 radical (unpaired) electrons. The Labute approximate surface area is 186 Å². The summed E-state index contributed by atoms with van der Waals surface area (Å²) in [4.78, 5) is 19.1. The highest BCUT2D eigenvalue weighted by Gasteiger charge is 2.23. The van der Waals surface area contributed by atoms with Crippen molar-refractivity contribution in [2.24, 2.45) is 5.73 Å². The van der Waals surface area contributed by atoms with Gasteiger partial charge < -0.3 is 10.5 Å². The van der Waals surface area contributed by atoms with Crippen LogP contribution in [0, 0.1) is 0 Å². The minimum absolute atomic E-state index is 0.0846. The number of aldehydes is 1. The van der Waals surface area contributed by atoms with Gasteiger partial charge in [-0.2, -0.15) is 0 Å². The molecule has 0 aliphatic carbocycles. The normalized spacial score (nSPS) is 12.1. The molecular weight excluding hydrogens is 414 g/mol. The molecule has 3 aromatic heterocycles. The van der Waals surface area contributed by atoms with Crippen molar-refractivity contribution in [1.82, 2.24) is 0 Å². The largest absolute Gasteiger partial charge is 0.330 e. The maximum Gasteiger partial charge on any atom is 0.120 e. The van der Waals surface area contributed by atoms with Crippen molar-refractivity contribution in [2.45, 2.75) is 65.2 Å². The second kappa shape index (κ2) is 9.25. The van der Waals surface area contributed by atoms with Crippen LogP contribution in [0.25, 0.3) is 19.5 Å². The molecule has 0 unspecified atom stereocenters. The lowest BCUT2D eigenvalue weighted by atomic mass is 9.90. The highest BCUT2D eigenvalue weighted by molar-refractivity contribution is 7.26. The first-order valence-electron chi connectivity index (χ1n) is 10.2. The summed E-state index contributed by atoms with van der Waals surface area (Å²) in [5.74, 6) is 0.554. The zero-order valence-corrected chi connectivity index (χ0v) is 20.5. The van der Waals surface area contributed by atoms with E-state index in [9.17, 15) is 4.79 Å². The third-order valence-electron chi connectivity index (χ3n) is 4.91. The third-order valence-corrected chi connectivity index (χ3v) is 9.45. The summed E-state index contributed by atoms with van der Waals surface area (Å²) < 4.78 is 0. The fourth-order valence-electron chi connectivity index (χ4n) is 3.47. The fourth-order valence-corrected chi connectivity index (χ4v) is 7.18. The van der Waals surface area contributed by atoms with Gasteiger partial charge in [-0.25, -0.2) is 0 Å². The molecule has 0 atom stereocenters. The lowest BCUT2D eigenvalue weighted by Crippen LogP contribution is -2.11. The number of nitrogens with two attached hydrogens (primary N) is 1. The fraction of sp³-hybridized carbons (Fsp3) is 0.458. The number of carbonyl (C=O) groups is 1. The van der Waals surface area contributed by atoms with E-state index in [1.807, 2.05) is 34.0 Å². The number of hydrogen-bond acceptors (Lipinski definition) is 5. The van der Waals surface area contributed by atoms with Crippen molar-refractivity contribution in [3.05, 3.63) is 45.1 Å². The molecule has 0 amide bonds. The molecule has 0 bridgehead atoms. The smallest absolute Gasteiger partial charge is 0.120 e. The van der Waals surface area contributed by atoms with Gasteiger partial charge in [-0.05, 0) is 66.1 Å². The van der Waals surface area contributed by atoms with Crippen LogP contribution in [0.1, 0.15) is 67.8 Å². The predicted octanol–water partition coefficient (Wildman–Crippen LogP) is 7.26. The predicted molar refractivity (Wildman–Crippen MR) is 131 cm³/mol. The van der Waals surface area contributed by atoms with Crippen molar-refractivity contribution < 1.29 is 4.79 Å². The first-order chi connectivity index (χ1) is 13.7. The van der Waals surface area contributed by atoms with E-state index in [4.69, 9.17) is 5.73 Å². The average Bonchev–Trinajstić information content (AvgIpc) is 3.36. The highest BCUT2D eigenvalue weighted by atomic mass is 32.1. The third kappa shape index (κ3) is 5.08. The summed E-state index contributed by atoms with van der Waals surface area (Å²) in [6.45, 7) is 11.9. The quantitative estimate of drug-likeness (QED) is 0.371. The van der Waals surface area contributed by atoms with Crippen molar-refractivity contribution in [2.75, 3.05) is 6.54 Å². The molecule has 0 fully saturated rings. The summed E-state index contributed by atoms with van der Waals surface area (Å²) in [5.41, 5.74) is 8.68. The highest BCUT2D eigenvalue weighted by Crippen LogP contribution is 2.46. The molecule has 5 heteroatoms. The lowest BCUT2D eigenvalue weighted by Gasteiger charge is -2.18. The number of rotatable bonds is 8. The first kappa shape index (κ1) is 22.4. The molecule has 29 heavy (non-hydrogen) atoms. The van der Waals surface area contributed by atoms with E-state index in [1.54, 1.807) is 0 Å². The van der Waals surface area contributed by atoms with Gasteiger partial charge in [-0.15, -0.1) is 34.0 Å². The van der Waals surface area contributed by atoms with Crippen LogP contribution in [0.4, 0.5) is 0 Å². The zero-order valence-electron chi connectivity index (χ0n) is 18.0. The minimum atomic E-state index is 0.0846. The van der Waals surface area contributed by atoms with E-state index < -0.39 is 0 Å². The van der Waals surface area contributed by atoms with Gasteiger partial charge in [0.2, 0.25) is 0 Å². The molecule has 0 aliphatic rings. The van der Waals surface area contributed by atoms with Gasteiger partial charge >= 0.3 is 0 Å². The van der Waals surface area contributed by atoms with Crippen LogP contribution < -0.4 is 5.73 Å². The Hall–Kier alpha value is -1.27. The van der Waals surface area contributed by atoms with Crippen LogP contribution in [0.5, 0.6) is 0 Å². The number of thiophene rings is 3. The monoisotopic (exact) mass is 445 g/mol. The first-order valence-corrected chi connectivity index (χ1v) is 12.7. The second-order valence-corrected chi connectivity index (χ2v) is 12.0. The lowest BCUT2D eigenvalue weighted by molar-refractivity contribution is -0.107. The molecule has 2 nitrogen and oxygen atoms in total. The summed E-state index contributed by atoms with van der Waals surface area (Å²) in [5, 5.41) is 0. The summed E-state index contributed by atoms with van der Waals surface area (Å²) in [6.07, 6.45) is 3.33. The minimum Gasteiger partial charge on any atom is -0.330 e. The Kier molecular flexibility index (Phi) is 7.15. The molecule has 2 N–H and O–H groups in total. The number of carbonyl (C=O) groups excluding carboxylic acids is 1. The van der Waals surface area contributed by atoms with E-state index >= 15 is 0 Å². The Balaban J connectivity index is 2.04. The molecule has 0 saturated carbocycles.